The molecule has 236 valence electrons. The number of morpholine rings is 1. The highest BCUT2D eigenvalue weighted by molar-refractivity contribution is 7.16. The van der Waals surface area contributed by atoms with Crippen molar-refractivity contribution >= 4 is 17.2 Å². The smallest absolute Gasteiger partial charge is 0.278 e. The third-order valence-electron chi connectivity index (χ3n) is 9.57. The normalized spacial score (nSPS) is 19.7. The summed E-state index contributed by atoms with van der Waals surface area (Å²) in [4.78, 5) is 31.4. The van der Waals surface area contributed by atoms with E-state index in [1.165, 1.54) is 17.0 Å². The van der Waals surface area contributed by atoms with Crippen LogP contribution in [0.4, 0.5) is 8.78 Å². The van der Waals surface area contributed by atoms with Gasteiger partial charge in [0.2, 0.25) is 5.43 Å². The van der Waals surface area contributed by atoms with E-state index in [1.807, 2.05) is 65.7 Å². The molecule has 7 nitrogen and oxygen atoms in total. The minimum atomic E-state index is -0.921. The lowest BCUT2D eigenvalue weighted by molar-refractivity contribution is -0.0197. The Kier molecular flexibility index (Phi) is 6.58. The number of rotatable bonds is 5. The lowest BCUT2D eigenvalue weighted by Gasteiger charge is -2.51. The number of benzene rings is 3. The van der Waals surface area contributed by atoms with Gasteiger partial charge in [0.05, 0.1) is 19.3 Å². The van der Waals surface area contributed by atoms with Crippen LogP contribution in [0.15, 0.2) is 89.9 Å². The molecule has 2 aliphatic heterocycles. The van der Waals surface area contributed by atoms with Gasteiger partial charge in [0.1, 0.15) is 12.8 Å². The van der Waals surface area contributed by atoms with E-state index in [0.29, 0.717) is 23.7 Å². The summed E-state index contributed by atoms with van der Waals surface area (Å²) < 4.78 is 45.2. The number of fused-ring (bicyclic) bond motifs is 7. The predicted molar refractivity (Wildman–Crippen MR) is 174 cm³/mol. The summed E-state index contributed by atoms with van der Waals surface area (Å²) in [7, 11) is 0. The van der Waals surface area contributed by atoms with Crippen molar-refractivity contribution in [1.29, 1.82) is 0 Å². The summed E-state index contributed by atoms with van der Waals surface area (Å²) in [6, 6.07) is 22.9. The second-order valence-electron chi connectivity index (χ2n) is 12.4. The number of ether oxygens (including phenoxy) is 2. The molecule has 0 bridgehead atoms. The van der Waals surface area contributed by atoms with Crippen molar-refractivity contribution in [3.05, 3.63) is 134 Å². The van der Waals surface area contributed by atoms with Gasteiger partial charge in [-0.2, -0.15) is 0 Å². The summed E-state index contributed by atoms with van der Waals surface area (Å²) in [5.41, 5.74) is 3.76. The molecule has 1 saturated carbocycles. The first-order valence-electron chi connectivity index (χ1n) is 15.8. The van der Waals surface area contributed by atoms with Crippen molar-refractivity contribution < 1.29 is 23.0 Å². The monoisotopic (exact) mass is 649 g/mol. The Morgan fingerprint density at radius 3 is 2.55 bits per heavy atom. The second kappa shape index (κ2) is 10.9. The molecule has 10 heteroatoms. The van der Waals surface area contributed by atoms with Crippen LogP contribution in [0.3, 0.4) is 0 Å². The average molecular weight is 650 g/mol. The Balaban J connectivity index is 1.29. The molecule has 47 heavy (non-hydrogen) atoms. The van der Waals surface area contributed by atoms with E-state index in [-0.39, 0.29) is 42.7 Å². The molecule has 0 radical (unpaired) electrons. The molecule has 4 aliphatic rings. The average Bonchev–Trinajstić information content (AvgIpc) is 3.88. The van der Waals surface area contributed by atoms with E-state index in [0.717, 1.165) is 34.4 Å². The molecule has 2 aromatic heterocycles. The number of carbonyl (C=O) groups is 1. The maximum Gasteiger partial charge on any atom is 0.278 e. The molecule has 0 N–H and O–H groups in total. The highest BCUT2D eigenvalue weighted by Crippen LogP contribution is 2.55. The Labute approximate surface area is 273 Å². The van der Waals surface area contributed by atoms with Gasteiger partial charge in [-0.15, -0.1) is 11.3 Å². The largest absolute Gasteiger partial charge is 0.482 e. The van der Waals surface area contributed by atoms with Crippen LogP contribution in [0.1, 0.15) is 56.9 Å². The van der Waals surface area contributed by atoms with Crippen LogP contribution < -0.4 is 15.2 Å². The molecule has 3 aromatic carbocycles. The van der Waals surface area contributed by atoms with Gasteiger partial charge in [-0.1, -0.05) is 60.7 Å². The molecule has 2 fully saturated rings. The summed E-state index contributed by atoms with van der Waals surface area (Å²) in [6.07, 6.45) is 3.15. The molecule has 5 aromatic rings. The first-order chi connectivity index (χ1) is 23.0. The fourth-order valence-corrected chi connectivity index (χ4v) is 8.60. The summed E-state index contributed by atoms with van der Waals surface area (Å²) in [6.45, 7) is 0.892. The summed E-state index contributed by atoms with van der Waals surface area (Å²) in [5.74, 6) is -1.80. The molecule has 9 rings (SSSR count). The van der Waals surface area contributed by atoms with Gasteiger partial charge < -0.3 is 14.4 Å². The standard InChI is InChI=1S/C37H29F2N3O4S/c38-27-13-12-25-31(32(27)39)26-18-29(22-10-11-22)47-36(26)24-9-5-4-8-23(24)33(25)42-30-20-45-17-16-40(30)37(44)34-35(28(43)14-15-41(34)42)46-19-21-6-2-1-3-7-21/h1-9,12-15,18,22,30,33H,10-11,16-17,19-20H2/t30-,33?/m1/s1. The first kappa shape index (κ1) is 28.4. The van der Waals surface area contributed by atoms with Gasteiger partial charge in [0, 0.05) is 39.7 Å². The molecular weight excluding hydrogens is 620 g/mol. The van der Waals surface area contributed by atoms with Gasteiger partial charge >= 0.3 is 0 Å². The molecule has 2 atom stereocenters. The third kappa shape index (κ3) is 4.46. The van der Waals surface area contributed by atoms with E-state index in [2.05, 4.69) is 0 Å². The van der Waals surface area contributed by atoms with E-state index in [1.54, 1.807) is 33.2 Å². The van der Waals surface area contributed by atoms with E-state index in [9.17, 15) is 9.59 Å². The SMILES string of the molecule is O=C1c2c(OCc3ccccc3)c(=O)ccn2N(C2c3ccccc3-c3sc(C4CC4)cc3-c3c2ccc(F)c3F)[C@@H]2COCCN12. The number of pyridine rings is 1. The maximum absolute atomic E-state index is 16.3. The highest BCUT2D eigenvalue weighted by atomic mass is 32.1. The number of hydrogen-bond donors (Lipinski definition) is 0. The quantitative estimate of drug-likeness (QED) is 0.209. The van der Waals surface area contributed by atoms with Gasteiger partial charge in [-0.05, 0) is 53.1 Å². The van der Waals surface area contributed by atoms with Crippen molar-refractivity contribution in [3.63, 3.8) is 0 Å². The molecule has 1 unspecified atom stereocenters. The lowest BCUT2D eigenvalue weighted by Crippen LogP contribution is -2.66. The second-order valence-corrected chi connectivity index (χ2v) is 13.5. The van der Waals surface area contributed by atoms with Crippen LogP contribution >= 0.6 is 11.3 Å². The van der Waals surface area contributed by atoms with Crippen LogP contribution in [0.2, 0.25) is 0 Å². The number of amides is 1. The van der Waals surface area contributed by atoms with Crippen LogP contribution in [-0.4, -0.2) is 41.4 Å². The number of aromatic nitrogens is 1. The van der Waals surface area contributed by atoms with Crippen LogP contribution in [0, 0.1) is 11.6 Å². The highest BCUT2D eigenvalue weighted by Gasteiger charge is 2.47. The molecule has 1 saturated heterocycles. The third-order valence-corrected chi connectivity index (χ3v) is 10.9. The summed E-state index contributed by atoms with van der Waals surface area (Å²) >= 11 is 1.64. The fraction of sp³-hybridized carbons (Fsp3) is 0.243. The maximum atomic E-state index is 16.3. The van der Waals surface area contributed by atoms with Crippen LogP contribution in [0.5, 0.6) is 5.75 Å². The molecular formula is C37H29F2N3O4S. The topological polar surface area (TPSA) is 64.0 Å². The van der Waals surface area contributed by atoms with Crippen molar-refractivity contribution in [2.45, 2.75) is 37.6 Å². The van der Waals surface area contributed by atoms with Crippen LogP contribution in [0.25, 0.3) is 21.6 Å². The lowest BCUT2D eigenvalue weighted by atomic mass is 9.91. The Morgan fingerprint density at radius 2 is 1.72 bits per heavy atom. The zero-order valence-corrected chi connectivity index (χ0v) is 26.0. The van der Waals surface area contributed by atoms with Crippen LogP contribution in [-0.2, 0) is 11.3 Å². The number of hydrogen-bond acceptors (Lipinski definition) is 6. The van der Waals surface area contributed by atoms with Crippen molar-refractivity contribution in [2.24, 2.45) is 0 Å². The number of halogens is 2. The van der Waals surface area contributed by atoms with E-state index < -0.39 is 29.3 Å². The fourth-order valence-electron chi connectivity index (χ4n) is 7.22. The van der Waals surface area contributed by atoms with Gasteiger partial charge in [0.15, 0.2) is 23.1 Å². The summed E-state index contributed by atoms with van der Waals surface area (Å²) in [5, 5.41) is 1.97. The predicted octanol–water partition coefficient (Wildman–Crippen LogP) is 6.83. The molecule has 2 aliphatic carbocycles. The molecule has 4 heterocycles. The molecule has 1 amide bonds. The van der Waals surface area contributed by atoms with Gasteiger partial charge in [-0.25, -0.2) is 8.78 Å². The minimum Gasteiger partial charge on any atom is -0.482 e. The van der Waals surface area contributed by atoms with Crippen molar-refractivity contribution in [3.8, 4) is 27.3 Å². The first-order valence-corrected chi connectivity index (χ1v) is 16.6. The number of carbonyl (C=O) groups excluding carboxylic acids is 1. The minimum absolute atomic E-state index is 0.0584. The van der Waals surface area contributed by atoms with Crippen molar-refractivity contribution in [2.75, 3.05) is 24.8 Å². The van der Waals surface area contributed by atoms with Gasteiger partial charge in [0.25, 0.3) is 5.91 Å². The number of thiophene rings is 1. The van der Waals surface area contributed by atoms with Crippen molar-refractivity contribution in [1.82, 2.24) is 9.58 Å². The zero-order valence-electron chi connectivity index (χ0n) is 25.2. The number of nitrogens with zero attached hydrogens (tertiary/aromatic N) is 3. The Morgan fingerprint density at radius 1 is 0.915 bits per heavy atom. The zero-order chi connectivity index (χ0) is 31.8. The van der Waals surface area contributed by atoms with E-state index in [4.69, 9.17) is 9.47 Å². The Hall–Kier alpha value is -4.80. The molecule has 0 spiro atoms. The van der Waals surface area contributed by atoms with E-state index >= 15 is 8.78 Å². The van der Waals surface area contributed by atoms with Gasteiger partial charge in [-0.3, -0.25) is 19.3 Å². The Bertz CT molecular complexity index is 2130.